The van der Waals surface area contributed by atoms with Crippen LogP contribution in [0.3, 0.4) is 0 Å². The van der Waals surface area contributed by atoms with Crippen molar-refractivity contribution in [3.8, 4) is 0 Å². The fourth-order valence-corrected chi connectivity index (χ4v) is 8.91. The Morgan fingerprint density at radius 2 is 1.61 bits per heavy atom. The summed E-state index contributed by atoms with van der Waals surface area (Å²) in [6.07, 6.45) is 1.00. The first-order valence-corrected chi connectivity index (χ1v) is 16.5. The average molecular weight is 671 g/mol. The standard InChI is InChI=1S/C38H42N2O9/c1-19-17-37-20(2)15-27-30(36(27,5)6)26(31(37)43)16-23(18-47-21(3)41)33(38(37,46)32(19)48-22(4)42)49-35(45)25-12-8-10-14-29(25)40-34(44)24-11-7-9-13-28(24)39/h7-14,16-17,20,26-27,30,32-33,46H,15,18,39H2,1-6H3,(H,40,44)/t20-,26-,27-,30+,32+,33-,37+,38-/m1/s1. The van der Waals surface area contributed by atoms with Crippen molar-refractivity contribution in [1.29, 1.82) is 0 Å². The Morgan fingerprint density at radius 3 is 2.27 bits per heavy atom. The fourth-order valence-electron chi connectivity index (χ4n) is 8.91. The highest BCUT2D eigenvalue weighted by Gasteiger charge is 2.77. The number of esters is 3. The van der Waals surface area contributed by atoms with E-state index in [1.54, 1.807) is 55.5 Å². The summed E-state index contributed by atoms with van der Waals surface area (Å²) in [7, 11) is 0. The Hall–Kier alpha value is -4.77. The van der Waals surface area contributed by atoms with Gasteiger partial charge in [-0.25, -0.2) is 4.79 Å². The third-order valence-corrected chi connectivity index (χ3v) is 11.2. The van der Waals surface area contributed by atoms with Crippen molar-refractivity contribution < 1.29 is 43.3 Å². The SMILES string of the molecule is CC(=O)OCC1=C[C@H]2C(=O)[C@]3(C=C(C)[C@H](OC(C)=O)[C@@]3(O)[C@@H]1OC(=O)c1ccccc1NC(=O)c1ccccc1N)[C@H](C)C[C@@H]1[C@H]2C1(C)C. The number of para-hydroxylation sites is 2. The minimum absolute atomic E-state index is 0.0474. The number of carbonyl (C=O) groups excluding carboxylic acids is 5. The van der Waals surface area contributed by atoms with Crippen LogP contribution in [0, 0.1) is 34.5 Å². The number of ketones is 1. The summed E-state index contributed by atoms with van der Waals surface area (Å²) in [5.41, 5.74) is 3.04. The Kier molecular flexibility index (Phi) is 8.34. The lowest BCUT2D eigenvalue weighted by Gasteiger charge is -2.49. The van der Waals surface area contributed by atoms with Gasteiger partial charge in [0.25, 0.3) is 5.91 Å². The van der Waals surface area contributed by atoms with E-state index in [4.69, 9.17) is 19.9 Å². The predicted octanol–water partition coefficient (Wildman–Crippen LogP) is 4.66. The molecule has 0 unspecified atom stereocenters. The fraction of sp³-hybridized carbons (Fsp3) is 0.447. The summed E-state index contributed by atoms with van der Waals surface area (Å²) < 4.78 is 17.5. The predicted molar refractivity (Wildman–Crippen MR) is 179 cm³/mol. The number of rotatable bonds is 7. The molecule has 2 aromatic rings. The summed E-state index contributed by atoms with van der Waals surface area (Å²) in [4.78, 5) is 67.2. The first-order valence-electron chi connectivity index (χ1n) is 16.5. The van der Waals surface area contributed by atoms with E-state index in [2.05, 4.69) is 19.2 Å². The van der Waals surface area contributed by atoms with E-state index in [9.17, 15) is 29.1 Å². The Labute approximate surface area is 284 Å². The normalized spacial score (nSPS) is 32.2. The molecule has 0 saturated heterocycles. The first-order chi connectivity index (χ1) is 23.0. The van der Waals surface area contributed by atoms with Gasteiger partial charge in [-0.15, -0.1) is 0 Å². The zero-order valence-electron chi connectivity index (χ0n) is 28.4. The molecule has 4 aliphatic carbocycles. The van der Waals surface area contributed by atoms with Crippen LogP contribution in [0.4, 0.5) is 11.4 Å². The van der Waals surface area contributed by atoms with Gasteiger partial charge in [-0.05, 0) is 66.4 Å². The number of amides is 1. The van der Waals surface area contributed by atoms with Gasteiger partial charge in [-0.2, -0.15) is 0 Å². The lowest BCUT2D eigenvalue weighted by Crippen LogP contribution is -2.66. The van der Waals surface area contributed by atoms with Gasteiger partial charge < -0.3 is 30.4 Å². The van der Waals surface area contributed by atoms with Crippen molar-refractivity contribution in [2.24, 2.45) is 34.5 Å². The molecule has 0 radical (unpaired) electrons. The molecule has 2 fully saturated rings. The van der Waals surface area contributed by atoms with Crippen molar-refractivity contribution in [3.05, 3.63) is 83.0 Å². The molecule has 11 nitrogen and oxygen atoms in total. The first kappa shape index (κ1) is 34.1. The monoisotopic (exact) mass is 670 g/mol. The third kappa shape index (κ3) is 5.26. The molecule has 2 aromatic carbocycles. The Balaban J connectivity index is 1.49. The lowest BCUT2D eigenvalue weighted by atomic mass is 9.59. The van der Waals surface area contributed by atoms with Gasteiger partial charge in [0, 0.05) is 31.0 Å². The summed E-state index contributed by atoms with van der Waals surface area (Å²) in [6, 6.07) is 12.7. The highest BCUT2D eigenvalue weighted by Crippen LogP contribution is 2.72. The van der Waals surface area contributed by atoms with Crippen molar-refractivity contribution >= 4 is 41.0 Å². The smallest absolute Gasteiger partial charge is 0.340 e. The van der Waals surface area contributed by atoms with Gasteiger partial charge in [0.1, 0.15) is 6.61 Å². The van der Waals surface area contributed by atoms with Gasteiger partial charge >= 0.3 is 17.9 Å². The number of hydrogen-bond donors (Lipinski definition) is 3. The molecule has 0 aliphatic heterocycles. The molecular formula is C38H42N2O9. The van der Waals surface area contributed by atoms with Crippen LogP contribution in [0.15, 0.2) is 71.8 Å². The van der Waals surface area contributed by atoms with Crippen molar-refractivity contribution in [3.63, 3.8) is 0 Å². The van der Waals surface area contributed by atoms with Gasteiger partial charge in [-0.1, -0.05) is 57.2 Å². The van der Waals surface area contributed by atoms with E-state index in [1.807, 2.05) is 6.92 Å². The molecule has 4 N–H and O–H groups in total. The molecule has 11 heteroatoms. The zero-order chi connectivity index (χ0) is 35.6. The molecule has 258 valence electrons. The molecule has 49 heavy (non-hydrogen) atoms. The van der Waals surface area contributed by atoms with Crippen LogP contribution in [-0.2, 0) is 28.6 Å². The lowest BCUT2D eigenvalue weighted by molar-refractivity contribution is -0.203. The maximum Gasteiger partial charge on any atom is 0.340 e. The number of ether oxygens (including phenoxy) is 3. The molecule has 2 bridgehead atoms. The zero-order valence-corrected chi connectivity index (χ0v) is 28.4. The van der Waals surface area contributed by atoms with E-state index in [1.165, 1.54) is 26.0 Å². The van der Waals surface area contributed by atoms with E-state index in [0.717, 1.165) is 0 Å². The quantitative estimate of drug-likeness (QED) is 0.163. The van der Waals surface area contributed by atoms with Gasteiger partial charge in [0.2, 0.25) is 0 Å². The van der Waals surface area contributed by atoms with E-state index < -0.39 is 58.9 Å². The summed E-state index contributed by atoms with van der Waals surface area (Å²) in [5, 5.41) is 16.0. The number of nitrogen functional groups attached to an aromatic ring is 1. The van der Waals surface area contributed by atoms with E-state index in [0.29, 0.717) is 12.0 Å². The number of carbonyl (C=O) groups is 5. The number of aliphatic hydroxyl groups is 1. The van der Waals surface area contributed by atoms with E-state index >= 15 is 0 Å². The second kappa shape index (κ2) is 12.0. The maximum atomic E-state index is 15.0. The number of nitrogens with one attached hydrogen (secondary N) is 1. The van der Waals surface area contributed by atoms with Crippen LogP contribution in [0.1, 0.15) is 68.7 Å². The number of allylic oxidation sites excluding steroid dienone is 1. The second-order valence-corrected chi connectivity index (χ2v) is 14.4. The average Bonchev–Trinajstić information content (AvgIpc) is 3.53. The minimum atomic E-state index is -2.31. The molecule has 1 spiro atoms. The summed E-state index contributed by atoms with van der Waals surface area (Å²) >= 11 is 0. The molecule has 6 rings (SSSR count). The number of benzene rings is 2. The van der Waals surface area contributed by atoms with Crippen molar-refractivity contribution in [2.75, 3.05) is 17.7 Å². The van der Waals surface area contributed by atoms with Crippen LogP contribution in [-0.4, -0.2) is 59.1 Å². The van der Waals surface area contributed by atoms with E-state index in [-0.39, 0.29) is 57.7 Å². The molecule has 0 heterocycles. The molecule has 4 aliphatic rings. The number of fused-ring (bicyclic) bond motifs is 3. The van der Waals surface area contributed by atoms with Crippen LogP contribution in [0.25, 0.3) is 0 Å². The molecular weight excluding hydrogens is 628 g/mol. The number of hydrogen-bond acceptors (Lipinski definition) is 10. The number of nitrogens with two attached hydrogens (primary N) is 1. The summed E-state index contributed by atoms with van der Waals surface area (Å²) in [5.74, 6) is -4.14. The largest absolute Gasteiger partial charge is 0.461 e. The molecule has 2 saturated carbocycles. The van der Waals surface area contributed by atoms with Crippen LogP contribution in [0.5, 0.6) is 0 Å². The van der Waals surface area contributed by atoms with Crippen molar-refractivity contribution in [2.45, 2.75) is 65.8 Å². The van der Waals surface area contributed by atoms with Gasteiger partial charge in [0.15, 0.2) is 23.6 Å². The molecule has 1 amide bonds. The van der Waals surface area contributed by atoms with Gasteiger partial charge in [-0.3, -0.25) is 19.2 Å². The Morgan fingerprint density at radius 1 is 0.959 bits per heavy atom. The summed E-state index contributed by atoms with van der Waals surface area (Å²) in [6.45, 7) is 9.83. The minimum Gasteiger partial charge on any atom is -0.461 e. The highest BCUT2D eigenvalue weighted by atomic mass is 16.6. The maximum absolute atomic E-state index is 15.0. The molecule has 0 aromatic heterocycles. The number of anilines is 2. The Bertz CT molecular complexity index is 1830. The topological polar surface area (TPSA) is 171 Å². The van der Waals surface area contributed by atoms with Crippen LogP contribution >= 0.6 is 0 Å². The van der Waals surface area contributed by atoms with Crippen LogP contribution < -0.4 is 11.1 Å². The molecule has 8 atom stereocenters. The van der Waals surface area contributed by atoms with Crippen molar-refractivity contribution in [1.82, 2.24) is 0 Å². The highest BCUT2D eigenvalue weighted by molar-refractivity contribution is 6.10. The van der Waals surface area contributed by atoms with Gasteiger partial charge in [0.05, 0.1) is 22.2 Å². The second-order valence-electron chi connectivity index (χ2n) is 14.4. The third-order valence-electron chi connectivity index (χ3n) is 11.2. The number of Topliss-reactive ketones (excluding diaryl/α,β-unsaturated/α-hetero) is 1. The van der Waals surface area contributed by atoms with Crippen LogP contribution in [0.2, 0.25) is 0 Å².